The zero-order chi connectivity index (χ0) is 11.8. The summed E-state index contributed by atoms with van der Waals surface area (Å²) in [5, 5.41) is 0. The van der Waals surface area contributed by atoms with Gasteiger partial charge in [0.15, 0.2) is 6.29 Å². The summed E-state index contributed by atoms with van der Waals surface area (Å²) < 4.78 is 17.3. The molecule has 0 atom stereocenters. The van der Waals surface area contributed by atoms with Crippen molar-refractivity contribution in [2.24, 2.45) is 0 Å². The van der Waals surface area contributed by atoms with E-state index in [2.05, 4.69) is 15.9 Å². The average Bonchev–Trinajstić information content (AvgIpc) is 2.28. The van der Waals surface area contributed by atoms with Gasteiger partial charge in [0.2, 0.25) is 0 Å². The maximum Gasteiger partial charge on any atom is 0.191 e. The summed E-state index contributed by atoms with van der Waals surface area (Å²) in [5.41, 5.74) is 0. The van der Waals surface area contributed by atoms with E-state index in [4.69, 9.17) is 14.2 Å². The van der Waals surface area contributed by atoms with E-state index in [1.165, 1.54) is 0 Å². The van der Waals surface area contributed by atoms with Crippen LogP contribution >= 0.6 is 15.9 Å². The Morgan fingerprint density at radius 1 is 1.12 bits per heavy atom. The Labute approximate surface area is 105 Å². The van der Waals surface area contributed by atoms with E-state index >= 15 is 0 Å². The second-order valence-corrected chi connectivity index (χ2v) is 3.94. The lowest BCUT2D eigenvalue weighted by atomic mass is 10.3. The lowest BCUT2D eigenvalue weighted by Gasteiger charge is -2.17. The van der Waals surface area contributed by atoms with E-state index < -0.39 is 0 Å². The number of benzene rings is 1. The Balaban J connectivity index is 2.45. The van der Waals surface area contributed by atoms with Crippen molar-refractivity contribution in [2.75, 3.05) is 19.8 Å². The molecule has 0 bridgehead atoms. The van der Waals surface area contributed by atoms with Crippen molar-refractivity contribution in [2.45, 2.75) is 20.1 Å². The molecule has 0 radical (unpaired) electrons. The first-order valence-electron chi connectivity index (χ1n) is 5.38. The van der Waals surface area contributed by atoms with Gasteiger partial charge in [-0.15, -0.1) is 0 Å². The fourth-order valence-electron chi connectivity index (χ4n) is 1.24. The van der Waals surface area contributed by atoms with E-state index in [0.717, 1.165) is 10.2 Å². The van der Waals surface area contributed by atoms with Gasteiger partial charge >= 0.3 is 0 Å². The minimum Gasteiger partial charge on any atom is -0.487 e. The number of rotatable bonds is 7. The second kappa shape index (κ2) is 7.65. The van der Waals surface area contributed by atoms with Gasteiger partial charge in [-0.1, -0.05) is 12.1 Å². The maximum absolute atomic E-state index is 5.61. The molecule has 0 aromatic heterocycles. The molecule has 0 aliphatic rings. The van der Waals surface area contributed by atoms with Crippen molar-refractivity contribution in [1.29, 1.82) is 0 Å². The minimum atomic E-state index is -0.304. The SMILES string of the molecule is CCOC(COc1ccccc1Br)OCC. The summed E-state index contributed by atoms with van der Waals surface area (Å²) in [6, 6.07) is 7.71. The number of hydrogen-bond donors (Lipinski definition) is 0. The normalized spacial score (nSPS) is 10.8. The standard InChI is InChI=1S/C12H17BrO3/c1-3-14-12(15-4-2)9-16-11-8-6-5-7-10(11)13/h5-8,12H,3-4,9H2,1-2H3. The summed E-state index contributed by atoms with van der Waals surface area (Å²) in [6.07, 6.45) is -0.304. The molecule has 1 rings (SSSR count). The molecule has 0 spiro atoms. The van der Waals surface area contributed by atoms with E-state index in [-0.39, 0.29) is 6.29 Å². The van der Waals surface area contributed by atoms with Crippen LogP contribution in [0.2, 0.25) is 0 Å². The van der Waals surface area contributed by atoms with E-state index in [0.29, 0.717) is 19.8 Å². The van der Waals surface area contributed by atoms with Crippen LogP contribution in [0.5, 0.6) is 5.75 Å². The first-order valence-corrected chi connectivity index (χ1v) is 6.17. The third-order valence-electron chi connectivity index (χ3n) is 1.92. The molecule has 0 unspecified atom stereocenters. The first kappa shape index (κ1) is 13.5. The lowest BCUT2D eigenvalue weighted by molar-refractivity contribution is -0.152. The highest BCUT2D eigenvalue weighted by atomic mass is 79.9. The molecule has 1 aromatic carbocycles. The van der Waals surface area contributed by atoms with Crippen molar-refractivity contribution >= 4 is 15.9 Å². The summed E-state index contributed by atoms with van der Waals surface area (Å²) >= 11 is 3.42. The van der Waals surface area contributed by atoms with Gasteiger partial charge in [0, 0.05) is 13.2 Å². The molecule has 16 heavy (non-hydrogen) atoms. The third-order valence-corrected chi connectivity index (χ3v) is 2.57. The molecule has 90 valence electrons. The van der Waals surface area contributed by atoms with Crippen molar-refractivity contribution in [3.8, 4) is 5.75 Å². The zero-order valence-corrected chi connectivity index (χ0v) is 11.2. The van der Waals surface area contributed by atoms with Crippen LogP contribution in [0.15, 0.2) is 28.7 Å². The molecule has 0 saturated carbocycles. The highest BCUT2D eigenvalue weighted by Crippen LogP contribution is 2.23. The maximum atomic E-state index is 5.61. The van der Waals surface area contributed by atoms with E-state index in [1.54, 1.807) is 0 Å². The van der Waals surface area contributed by atoms with Crippen molar-refractivity contribution in [3.63, 3.8) is 0 Å². The van der Waals surface area contributed by atoms with Gasteiger partial charge in [-0.25, -0.2) is 0 Å². The summed E-state index contributed by atoms with van der Waals surface area (Å²) in [6.45, 7) is 5.49. The largest absolute Gasteiger partial charge is 0.487 e. The van der Waals surface area contributed by atoms with Crippen LogP contribution in [0.25, 0.3) is 0 Å². The van der Waals surface area contributed by atoms with Crippen LogP contribution < -0.4 is 4.74 Å². The van der Waals surface area contributed by atoms with Gasteiger partial charge in [0.25, 0.3) is 0 Å². The molecule has 1 aromatic rings. The number of hydrogen-bond acceptors (Lipinski definition) is 3. The smallest absolute Gasteiger partial charge is 0.191 e. The average molecular weight is 289 g/mol. The molecule has 0 amide bonds. The van der Waals surface area contributed by atoms with Gasteiger partial charge in [0.05, 0.1) is 4.47 Å². The minimum absolute atomic E-state index is 0.304. The van der Waals surface area contributed by atoms with Gasteiger partial charge in [-0.3, -0.25) is 0 Å². The second-order valence-electron chi connectivity index (χ2n) is 3.08. The summed E-state index contributed by atoms with van der Waals surface area (Å²) in [5.74, 6) is 0.798. The molecular weight excluding hydrogens is 272 g/mol. The van der Waals surface area contributed by atoms with Crippen molar-refractivity contribution < 1.29 is 14.2 Å². The van der Waals surface area contributed by atoms with E-state index in [9.17, 15) is 0 Å². The molecule has 0 heterocycles. The number of halogens is 1. The molecule has 0 saturated heterocycles. The predicted octanol–water partition coefficient (Wildman–Crippen LogP) is 3.23. The lowest BCUT2D eigenvalue weighted by Crippen LogP contribution is -2.25. The third kappa shape index (κ3) is 4.51. The molecule has 3 nitrogen and oxygen atoms in total. The van der Waals surface area contributed by atoms with Gasteiger partial charge in [-0.2, -0.15) is 0 Å². The van der Waals surface area contributed by atoms with Crippen LogP contribution in [0.4, 0.5) is 0 Å². The van der Waals surface area contributed by atoms with Crippen molar-refractivity contribution in [3.05, 3.63) is 28.7 Å². The van der Waals surface area contributed by atoms with Crippen LogP contribution in [-0.2, 0) is 9.47 Å². The van der Waals surface area contributed by atoms with Gasteiger partial charge in [-0.05, 0) is 41.9 Å². The molecule has 0 aliphatic carbocycles. The molecule has 0 N–H and O–H groups in total. The monoisotopic (exact) mass is 288 g/mol. The van der Waals surface area contributed by atoms with Gasteiger partial charge < -0.3 is 14.2 Å². The topological polar surface area (TPSA) is 27.7 Å². The van der Waals surface area contributed by atoms with Crippen LogP contribution in [0, 0.1) is 0 Å². The number of para-hydroxylation sites is 1. The van der Waals surface area contributed by atoms with Crippen LogP contribution in [0.1, 0.15) is 13.8 Å². The highest BCUT2D eigenvalue weighted by Gasteiger charge is 2.09. The highest BCUT2D eigenvalue weighted by molar-refractivity contribution is 9.10. The molecular formula is C12H17BrO3. The Morgan fingerprint density at radius 2 is 1.75 bits per heavy atom. The number of ether oxygens (including phenoxy) is 3. The predicted molar refractivity (Wildman–Crippen MR) is 66.7 cm³/mol. The van der Waals surface area contributed by atoms with E-state index in [1.807, 2.05) is 38.1 Å². The zero-order valence-electron chi connectivity index (χ0n) is 9.61. The Hall–Kier alpha value is -0.580. The van der Waals surface area contributed by atoms with Crippen LogP contribution in [-0.4, -0.2) is 26.1 Å². The molecule has 0 fully saturated rings. The quantitative estimate of drug-likeness (QED) is 0.721. The molecule has 4 heteroatoms. The Kier molecular flexibility index (Phi) is 6.45. The fourth-order valence-corrected chi connectivity index (χ4v) is 1.63. The van der Waals surface area contributed by atoms with Crippen molar-refractivity contribution in [1.82, 2.24) is 0 Å². The fraction of sp³-hybridized carbons (Fsp3) is 0.500. The molecule has 0 aliphatic heterocycles. The van der Waals surface area contributed by atoms with Gasteiger partial charge in [0.1, 0.15) is 12.4 Å². The first-order chi connectivity index (χ1) is 7.77. The Bertz CT molecular complexity index is 298. The Morgan fingerprint density at radius 3 is 2.31 bits per heavy atom. The van der Waals surface area contributed by atoms with Crippen LogP contribution in [0.3, 0.4) is 0 Å². The summed E-state index contributed by atoms with van der Waals surface area (Å²) in [4.78, 5) is 0. The summed E-state index contributed by atoms with van der Waals surface area (Å²) in [7, 11) is 0.